The summed E-state index contributed by atoms with van der Waals surface area (Å²) >= 11 is 5.15. The summed E-state index contributed by atoms with van der Waals surface area (Å²) in [6.07, 6.45) is 0. The number of esters is 1. The molecule has 112 valence electrons. The fourth-order valence-corrected chi connectivity index (χ4v) is 2.20. The number of carbonyl (C=O) groups is 1. The maximum Gasteiger partial charge on any atom is 0.326 e. The average Bonchev–Trinajstić information content (AvgIpc) is 2.62. The quantitative estimate of drug-likeness (QED) is 0.407. The first-order valence-corrected chi connectivity index (χ1v) is 6.67. The number of nitrogens with zero attached hydrogens (tertiary/aromatic N) is 2. The Bertz CT molecular complexity index is 770. The van der Waals surface area contributed by atoms with E-state index in [0.717, 1.165) is 0 Å². The van der Waals surface area contributed by atoms with Crippen molar-refractivity contribution in [2.75, 3.05) is 0 Å². The predicted octanol–water partition coefficient (Wildman–Crippen LogP) is 2.95. The van der Waals surface area contributed by atoms with E-state index in [9.17, 15) is 14.9 Å². The Morgan fingerprint density at radius 2 is 2.14 bits per heavy atom. The van der Waals surface area contributed by atoms with Gasteiger partial charge in [0.15, 0.2) is 4.77 Å². The van der Waals surface area contributed by atoms with E-state index >= 15 is 0 Å². The normalized spacial score (nSPS) is 11.6. The molecule has 0 atom stereocenters. The van der Waals surface area contributed by atoms with Gasteiger partial charge in [0.2, 0.25) is 0 Å². The van der Waals surface area contributed by atoms with Gasteiger partial charge in [0.1, 0.15) is 12.1 Å². The maximum atomic E-state index is 11.9. The molecule has 0 fully saturated rings. The number of nitrogens with one attached hydrogen (secondary N) is 1. The Balaban J connectivity index is 2.37. The van der Waals surface area contributed by atoms with Gasteiger partial charge in [0.05, 0.1) is 16.0 Å². The molecule has 0 unspecified atom stereocenters. The first-order chi connectivity index (χ1) is 9.67. The van der Waals surface area contributed by atoms with Crippen molar-refractivity contribution in [3.63, 3.8) is 0 Å². The molecule has 1 heterocycles. The molecule has 21 heavy (non-hydrogen) atoms. The molecule has 1 aromatic carbocycles. The topological polar surface area (TPSA) is 90.2 Å². The molecule has 7 nitrogen and oxygen atoms in total. The summed E-state index contributed by atoms with van der Waals surface area (Å²) in [7, 11) is 0. The van der Waals surface area contributed by atoms with E-state index in [-0.39, 0.29) is 12.2 Å². The SMILES string of the molecule is CC(C)(C)OC(=O)Cn1c(=S)[nH]c2cc([N+](=O)[O-])ccc21. The van der Waals surface area contributed by atoms with Crippen LogP contribution in [0.2, 0.25) is 0 Å². The third-order valence-electron chi connectivity index (χ3n) is 2.68. The number of benzene rings is 1. The number of aromatic amines is 1. The zero-order chi connectivity index (χ0) is 15.8. The second-order valence-corrected chi connectivity index (χ2v) is 5.95. The molecule has 0 radical (unpaired) electrons. The lowest BCUT2D eigenvalue weighted by Gasteiger charge is -2.19. The van der Waals surface area contributed by atoms with Crippen LogP contribution in [0.15, 0.2) is 18.2 Å². The van der Waals surface area contributed by atoms with Gasteiger partial charge in [-0.15, -0.1) is 0 Å². The highest BCUT2D eigenvalue weighted by Crippen LogP contribution is 2.21. The standard InChI is InChI=1S/C13H15N3O4S/c1-13(2,3)20-11(17)7-15-10-5-4-8(16(18)19)6-9(10)14-12(15)21/h4-6H,7H2,1-3H3,(H,14,21). The molecule has 2 rings (SSSR count). The summed E-state index contributed by atoms with van der Waals surface area (Å²) in [5, 5.41) is 10.8. The van der Waals surface area contributed by atoms with Gasteiger partial charge in [-0.2, -0.15) is 0 Å². The Hall–Kier alpha value is -2.22. The highest BCUT2D eigenvalue weighted by Gasteiger charge is 2.18. The summed E-state index contributed by atoms with van der Waals surface area (Å²) in [4.78, 5) is 25.0. The number of hydrogen-bond acceptors (Lipinski definition) is 5. The minimum Gasteiger partial charge on any atom is -0.459 e. The third kappa shape index (κ3) is 3.46. The van der Waals surface area contributed by atoms with Crippen LogP contribution in [0.1, 0.15) is 20.8 Å². The van der Waals surface area contributed by atoms with Crippen molar-refractivity contribution >= 4 is 34.9 Å². The lowest BCUT2D eigenvalue weighted by molar-refractivity contribution is -0.384. The number of nitro benzene ring substituents is 1. The van der Waals surface area contributed by atoms with Gasteiger partial charge in [-0.25, -0.2) is 0 Å². The number of ether oxygens (including phenoxy) is 1. The molecule has 1 N–H and O–H groups in total. The number of rotatable bonds is 3. The fraction of sp³-hybridized carbons (Fsp3) is 0.385. The van der Waals surface area contributed by atoms with E-state index < -0.39 is 16.5 Å². The first-order valence-electron chi connectivity index (χ1n) is 6.26. The summed E-state index contributed by atoms with van der Waals surface area (Å²) < 4.78 is 7.12. The zero-order valence-corrected chi connectivity index (χ0v) is 12.7. The second-order valence-electron chi connectivity index (χ2n) is 5.56. The van der Waals surface area contributed by atoms with E-state index in [1.165, 1.54) is 12.1 Å². The van der Waals surface area contributed by atoms with Crippen LogP contribution in [0.5, 0.6) is 0 Å². The minimum absolute atomic E-state index is 0.0387. The molecule has 0 aliphatic heterocycles. The highest BCUT2D eigenvalue weighted by atomic mass is 32.1. The largest absolute Gasteiger partial charge is 0.459 e. The van der Waals surface area contributed by atoms with Crippen molar-refractivity contribution in [3.05, 3.63) is 33.1 Å². The van der Waals surface area contributed by atoms with Gasteiger partial charge < -0.3 is 14.3 Å². The van der Waals surface area contributed by atoms with Crippen molar-refractivity contribution < 1.29 is 14.5 Å². The number of carbonyl (C=O) groups excluding carboxylic acids is 1. The van der Waals surface area contributed by atoms with Crippen molar-refractivity contribution in [1.29, 1.82) is 0 Å². The van der Waals surface area contributed by atoms with E-state index in [0.29, 0.717) is 15.8 Å². The van der Waals surface area contributed by atoms with Crippen LogP contribution < -0.4 is 0 Å². The van der Waals surface area contributed by atoms with Crippen molar-refractivity contribution in [2.24, 2.45) is 0 Å². The summed E-state index contributed by atoms with van der Waals surface area (Å²) in [5.41, 5.74) is 0.516. The van der Waals surface area contributed by atoms with Gasteiger partial charge in [-0.1, -0.05) is 0 Å². The molecule has 2 aromatic rings. The smallest absolute Gasteiger partial charge is 0.326 e. The molecular weight excluding hydrogens is 294 g/mol. The Morgan fingerprint density at radius 3 is 2.71 bits per heavy atom. The highest BCUT2D eigenvalue weighted by molar-refractivity contribution is 7.71. The number of fused-ring (bicyclic) bond motifs is 1. The molecule has 0 saturated heterocycles. The molecule has 0 aliphatic rings. The lowest BCUT2D eigenvalue weighted by Crippen LogP contribution is -2.26. The molecule has 0 amide bonds. The molecule has 0 saturated carbocycles. The minimum atomic E-state index is -0.579. The van der Waals surface area contributed by atoms with Gasteiger partial charge in [0.25, 0.3) is 5.69 Å². The molecule has 0 bridgehead atoms. The van der Waals surface area contributed by atoms with Crippen LogP contribution in [0, 0.1) is 14.9 Å². The van der Waals surface area contributed by atoms with E-state index in [1.807, 2.05) is 0 Å². The second kappa shape index (κ2) is 5.28. The van der Waals surface area contributed by atoms with Gasteiger partial charge in [-0.3, -0.25) is 14.9 Å². The summed E-state index contributed by atoms with van der Waals surface area (Å²) in [6.45, 7) is 5.29. The van der Waals surface area contributed by atoms with Crippen molar-refractivity contribution in [3.8, 4) is 0 Å². The van der Waals surface area contributed by atoms with Crippen LogP contribution >= 0.6 is 12.2 Å². The molecule has 0 aliphatic carbocycles. The average molecular weight is 309 g/mol. The fourth-order valence-electron chi connectivity index (χ4n) is 1.93. The molecular formula is C13H15N3O4S. The zero-order valence-electron chi connectivity index (χ0n) is 11.9. The number of non-ortho nitro benzene ring substituents is 1. The number of nitro groups is 1. The summed E-state index contributed by atoms with van der Waals surface area (Å²) in [6, 6.07) is 4.32. The third-order valence-corrected chi connectivity index (χ3v) is 3.00. The van der Waals surface area contributed by atoms with Crippen molar-refractivity contribution in [1.82, 2.24) is 9.55 Å². The van der Waals surface area contributed by atoms with Gasteiger partial charge >= 0.3 is 5.97 Å². The lowest BCUT2D eigenvalue weighted by atomic mass is 10.2. The number of aromatic nitrogens is 2. The number of H-pyrrole nitrogens is 1. The number of hydrogen-bond donors (Lipinski definition) is 1. The van der Waals surface area contributed by atoms with Crippen LogP contribution in [0.4, 0.5) is 5.69 Å². The van der Waals surface area contributed by atoms with Crippen molar-refractivity contribution in [2.45, 2.75) is 32.9 Å². The monoisotopic (exact) mass is 309 g/mol. The van der Waals surface area contributed by atoms with Crippen LogP contribution in [0.3, 0.4) is 0 Å². The van der Waals surface area contributed by atoms with Crippen LogP contribution in [0.25, 0.3) is 11.0 Å². The van der Waals surface area contributed by atoms with Crippen LogP contribution in [-0.4, -0.2) is 26.0 Å². The Kier molecular flexibility index (Phi) is 3.82. The molecule has 0 spiro atoms. The summed E-state index contributed by atoms with van der Waals surface area (Å²) in [5.74, 6) is -0.419. The molecule has 1 aromatic heterocycles. The van der Waals surface area contributed by atoms with E-state index in [4.69, 9.17) is 17.0 Å². The molecule has 8 heteroatoms. The van der Waals surface area contributed by atoms with Gasteiger partial charge in [-0.05, 0) is 39.1 Å². The van der Waals surface area contributed by atoms with Gasteiger partial charge in [0, 0.05) is 12.1 Å². The Morgan fingerprint density at radius 1 is 1.48 bits per heavy atom. The predicted molar refractivity (Wildman–Crippen MR) is 79.6 cm³/mol. The van der Waals surface area contributed by atoms with E-state index in [1.54, 1.807) is 31.4 Å². The van der Waals surface area contributed by atoms with Crippen LogP contribution in [-0.2, 0) is 16.1 Å². The van der Waals surface area contributed by atoms with E-state index in [2.05, 4.69) is 4.98 Å². The maximum absolute atomic E-state index is 11.9. The number of imidazole rings is 1. The Labute approximate surface area is 125 Å². The first kappa shape index (κ1) is 15.2.